The molecule has 1 amide bonds. The normalized spacial score (nSPS) is 17.2. The van der Waals surface area contributed by atoms with E-state index in [1.54, 1.807) is 29.4 Å². The van der Waals surface area contributed by atoms with Crippen LogP contribution >= 0.6 is 11.6 Å². The summed E-state index contributed by atoms with van der Waals surface area (Å²) in [7, 11) is 0.741. The van der Waals surface area contributed by atoms with Crippen LogP contribution in [0.2, 0.25) is 5.02 Å². The van der Waals surface area contributed by atoms with Gasteiger partial charge in [-0.05, 0) is 35.4 Å². The Hall–Kier alpha value is -3.41. The molecule has 190 valence electrons. The van der Waals surface area contributed by atoms with Crippen molar-refractivity contribution in [3.8, 4) is 0 Å². The van der Waals surface area contributed by atoms with Gasteiger partial charge < -0.3 is 19.6 Å². The predicted molar refractivity (Wildman–Crippen MR) is 136 cm³/mol. The Morgan fingerprint density at radius 3 is 2.61 bits per heavy atom. The number of carbonyl (C=O) groups is 2. The van der Waals surface area contributed by atoms with Crippen LogP contribution in [0.4, 0.5) is 0 Å². The number of nitrogens with one attached hydrogen (secondary N) is 1. The zero-order chi connectivity index (χ0) is 26.0. The average Bonchev–Trinajstić information content (AvgIpc) is 3.28. The molecular formula is C24H26ClN5O5S. The van der Waals surface area contributed by atoms with Gasteiger partial charge in [0.25, 0.3) is 10.0 Å². The smallest absolute Gasteiger partial charge is 0.329 e. The van der Waals surface area contributed by atoms with Crippen molar-refractivity contribution in [1.82, 2.24) is 19.2 Å². The fourth-order valence-corrected chi connectivity index (χ4v) is 5.53. The molecule has 36 heavy (non-hydrogen) atoms. The lowest BCUT2D eigenvalue weighted by molar-refractivity contribution is -0.157. The van der Waals surface area contributed by atoms with Crippen LogP contribution in [0.5, 0.6) is 0 Å². The lowest BCUT2D eigenvalue weighted by atomic mass is 10.1. The number of aromatic nitrogens is 1. The summed E-state index contributed by atoms with van der Waals surface area (Å²) in [5.74, 6) is -1.20. The monoisotopic (exact) mass is 531 g/mol. The van der Waals surface area contributed by atoms with E-state index in [0.717, 1.165) is 15.4 Å². The van der Waals surface area contributed by atoms with Gasteiger partial charge in [0, 0.05) is 43.1 Å². The van der Waals surface area contributed by atoms with Crippen LogP contribution in [0.1, 0.15) is 11.1 Å². The molecule has 3 aromatic rings. The van der Waals surface area contributed by atoms with Crippen LogP contribution in [0.25, 0.3) is 10.9 Å². The largest absolute Gasteiger partial charge is 0.467 e. The van der Waals surface area contributed by atoms with Crippen molar-refractivity contribution < 1.29 is 22.7 Å². The number of rotatable bonds is 7. The third-order valence-corrected chi connectivity index (χ3v) is 7.77. The number of sulfonamides is 1. The quantitative estimate of drug-likeness (QED) is 0.284. The van der Waals surface area contributed by atoms with Gasteiger partial charge in [0.15, 0.2) is 0 Å². The molecule has 1 saturated heterocycles. The first-order valence-electron chi connectivity index (χ1n) is 11.0. The maximum atomic E-state index is 13.4. The Morgan fingerprint density at radius 2 is 1.94 bits per heavy atom. The van der Waals surface area contributed by atoms with E-state index in [1.165, 1.54) is 18.1 Å². The van der Waals surface area contributed by atoms with Crippen molar-refractivity contribution in [2.24, 2.45) is 5.10 Å². The molecule has 4 rings (SSSR count). The van der Waals surface area contributed by atoms with Crippen LogP contribution in [-0.2, 0) is 30.9 Å². The van der Waals surface area contributed by atoms with E-state index in [4.69, 9.17) is 16.3 Å². The van der Waals surface area contributed by atoms with Crippen molar-refractivity contribution in [1.29, 1.82) is 0 Å². The molecule has 0 aliphatic carbocycles. The summed E-state index contributed by atoms with van der Waals surface area (Å²) >= 11 is 6.02. The van der Waals surface area contributed by atoms with Crippen molar-refractivity contribution in [2.45, 2.75) is 17.6 Å². The zero-order valence-electron chi connectivity index (χ0n) is 20.0. The molecule has 1 aromatic heterocycles. The molecule has 1 aliphatic heterocycles. The number of hydrogen-bond acceptors (Lipinski definition) is 7. The Morgan fingerprint density at radius 1 is 1.22 bits per heavy atom. The topological polar surface area (TPSA) is 115 Å². The van der Waals surface area contributed by atoms with Crippen LogP contribution in [0.15, 0.2) is 58.7 Å². The highest BCUT2D eigenvalue weighted by Crippen LogP contribution is 2.27. The molecule has 10 nitrogen and oxygen atoms in total. The number of methoxy groups -OCH3 is 1. The third kappa shape index (κ3) is 5.38. The van der Waals surface area contributed by atoms with Gasteiger partial charge in [-0.25, -0.2) is 13.2 Å². The number of benzene rings is 2. The van der Waals surface area contributed by atoms with E-state index < -0.39 is 34.5 Å². The minimum atomic E-state index is -4.10. The number of halogens is 1. The molecule has 0 saturated carbocycles. The minimum absolute atomic E-state index is 0.0837. The molecule has 0 radical (unpaired) electrons. The van der Waals surface area contributed by atoms with Crippen LogP contribution < -0.4 is 0 Å². The minimum Gasteiger partial charge on any atom is -0.467 e. The second-order valence-electron chi connectivity index (χ2n) is 8.56. The first-order chi connectivity index (χ1) is 17.1. The van der Waals surface area contributed by atoms with E-state index in [2.05, 4.69) is 10.1 Å². The first kappa shape index (κ1) is 25.7. The summed E-state index contributed by atoms with van der Waals surface area (Å²) in [6.07, 6.45) is 1.70. The van der Waals surface area contributed by atoms with E-state index in [-0.39, 0.29) is 18.1 Å². The number of aromatic amines is 1. The average molecular weight is 532 g/mol. The standard InChI is InChI=1S/C24H26ClN5O5S/c1-28(2)26-12-16-4-6-17(7-5-16)13-30-21(24(32)35-3)14-29(15-23(30)31)36(33,34)22-11-18-10-19(25)8-9-20(18)27-22/h4-12,21,27H,13-15H2,1-3H3/t21-/m1/s1. The molecule has 12 heteroatoms. The number of fused-ring (bicyclic) bond motifs is 1. The number of piperazine rings is 1. The number of hydrogen-bond donors (Lipinski definition) is 1. The molecule has 1 fully saturated rings. The number of carbonyl (C=O) groups excluding carboxylic acids is 2. The number of H-pyrrole nitrogens is 1. The number of amides is 1. The summed E-state index contributed by atoms with van der Waals surface area (Å²) in [6.45, 7) is -0.507. The Kier molecular flexibility index (Phi) is 7.34. The molecule has 0 unspecified atom stereocenters. The van der Waals surface area contributed by atoms with Crippen LogP contribution in [-0.4, -0.2) is 86.0 Å². The van der Waals surface area contributed by atoms with Crippen LogP contribution in [0, 0.1) is 0 Å². The highest BCUT2D eigenvalue weighted by molar-refractivity contribution is 7.89. The SMILES string of the molecule is COC(=O)[C@H]1CN(S(=O)(=O)c2cc3cc(Cl)ccc3[nH]2)CC(=O)N1Cc1ccc(C=NN(C)C)cc1. The van der Waals surface area contributed by atoms with E-state index >= 15 is 0 Å². The van der Waals surface area contributed by atoms with Gasteiger partial charge in [-0.2, -0.15) is 9.41 Å². The van der Waals surface area contributed by atoms with Crippen molar-refractivity contribution in [3.63, 3.8) is 0 Å². The lowest BCUT2D eigenvalue weighted by Gasteiger charge is -2.38. The molecule has 1 N–H and O–H groups in total. The summed E-state index contributed by atoms with van der Waals surface area (Å²) in [5, 5.41) is 6.86. The Labute approximate surface area is 214 Å². The Balaban J connectivity index is 1.57. The predicted octanol–water partition coefficient (Wildman–Crippen LogP) is 2.29. The summed E-state index contributed by atoms with van der Waals surface area (Å²) in [6, 6.07) is 12.7. The highest BCUT2D eigenvalue weighted by atomic mass is 35.5. The van der Waals surface area contributed by atoms with Gasteiger partial charge in [0.2, 0.25) is 5.91 Å². The maximum absolute atomic E-state index is 13.4. The van der Waals surface area contributed by atoms with E-state index in [0.29, 0.717) is 15.9 Å². The van der Waals surface area contributed by atoms with E-state index in [1.807, 2.05) is 38.4 Å². The van der Waals surface area contributed by atoms with Crippen molar-refractivity contribution >= 4 is 50.6 Å². The molecule has 0 spiro atoms. The van der Waals surface area contributed by atoms with E-state index in [9.17, 15) is 18.0 Å². The number of hydrazone groups is 1. The first-order valence-corrected chi connectivity index (χ1v) is 12.9. The highest BCUT2D eigenvalue weighted by Gasteiger charge is 2.42. The van der Waals surface area contributed by atoms with Gasteiger partial charge in [-0.15, -0.1) is 0 Å². The molecule has 0 bridgehead atoms. The molecule has 1 atom stereocenters. The number of esters is 1. The van der Waals surface area contributed by atoms with Crippen LogP contribution in [0.3, 0.4) is 0 Å². The molecule has 2 aromatic carbocycles. The zero-order valence-corrected chi connectivity index (χ0v) is 21.6. The molecular weight excluding hydrogens is 506 g/mol. The fraction of sp³-hybridized carbons (Fsp3) is 0.292. The Bertz CT molecular complexity index is 1420. The maximum Gasteiger partial charge on any atom is 0.329 e. The van der Waals surface area contributed by atoms with Gasteiger partial charge in [0.05, 0.1) is 19.9 Å². The van der Waals surface area contributed by atoms with Crippen molar-refractivity contribution in [3.05, 3.63) is 64.7 Å². The molecule has 2 heterocycles. The second kappa shape index (κ2) is 10.3. The number of ether oxygens (including phenoxy) is 1. The van der Waals surface area contributed by atoms with Gasteiger partial charge >= 0.3 is 5.97 Å². The summed E-state index contributed by atoms with van der Waals surface area (Å²) in [4.78, 5) is 30.0. The summed E-state index contributed by atoms with van der Waals surface area (Å²) in [5.41, 5.74) is 2.24. The fourth-order valence-electron chi connectivity index (χ4n) is 3.93. The van der Waals surface area contributed by atoms with Gasteiger partial charge in [0.1, 0.15) is 11.1 Å². The second-order valence-corrected chi connectivity index (χ2v) is 10.9. The lowest BCUT2D eigenvalue weighted by Crippen LogP contribution is -2.60. The number of nitrogens with zero attached hydrogens (tertiary/aromatic N) is 4. The molecule has 1 aliphatic rings. The van der Waals surface area contributed by atoms with Crippen molar-refractivity contribution in [2.75, 3.05) is 34.3 Å². The summed E-state index contributed by atoms with van der Waals surface area (Å²) < 4.78 is 32.7. The van der Waals surface area contributed by atoms with Gasteiger partial charge in [-0.1, -0.05) is 35.9 Å². The van der Waals surface area contributed by atoms with Gasteiger partial charge in [-0.3, -0.25) is 4.79 Å². The third-order valence-electron chi connectivity index (χ3n) is 5.80.